The molecule has 5 heteroatoms. The minimum absolute atomic E-state index is 0.184. The van der Waals surface area contributed by atoms with E-state index >= 15 is 0 Å². The van der Waals surface area contributed by atoms with Crippen LogP contribution in [0.25, 0.3) is 11.1 Å². The van der Waals surface area contributed by atoms with Crippen LogP contribution in [0, 0.1) is 6.92 Å². The molecular formula is C17H16N2O3. The lowest BCUT2D eigenvalue weighted by atomic mass is 10.1. The Kier molecular flexibility index (Phi) is 3.55. The van der Waals surface area contributed by atoms with Gasteiger partial charge in [0.25, 0.3) is 5.91 Å². The first-order chi connectivity index (χ1) is 10.5. The van der Waals surface area contributed by atoms with Crippen molar-refractivity contribution in [1.82, 2.24) is 9.88 Å². The van der Waals surface area contributed by atoms with Crippen LogP contribution < -0.4 is 11.1 Å². The van der Waals surface area contributed by atoms with Gasteiger partial charge >= 0.3 is 5.76 Å². The number of nitrogens with zero attached hydrogens (tertiary/aromatic N) is 1. The van der Waals surface area contributed by atoms with E-state index in [9.17, 15) is 9.59 Å². The van der Waals surface area contributed by atoms with E-state index in [4.69, 9.17) is 4.42 Å². The molecule has 22 heavy (non-hydrogen) atoms. The Labute approximate surface area is 127 Å². The second-order valence-corrected chi connectivity index (χ2v) is 5.28. The molecule has 0 aliphatic heterocycles. The van der Waals surface area contributed by atoms with Gasteiger partial charge in [-0.15, -0.1) is 0 Å². The van der Waals surface area contributed by atoms with E-state index in [2.05, 4.69) is 5.32 Å². The third-order valence-electron chi connectivity index (χ3n) is 3.63. The van der Waals surface area contributed by atoms with Gasteiger partial charge in [-0.3, -0.25) is 9.36 Å². The maximum absolute atomic E-state index is 12.2. The molecule has 1 aromatic heterocycles. The number of oxazole rings is 1. The summed E-state index contributed by atoms with van der Waals surface area (Å²) in [5.41, 5.74) is 3.80. The van der Waals surface area contributed by atoms with E-state index in [0.717, 1.165) is 5.56 Å². The van der Waals surface area contributed by atoms with Gasteiger partial charge in [-0.2, -0.15) is 0 Å². The van der Waals surface area contributed by atoms with Crippen molar-refractivity contribution in [3.8, 4) is 0 Å². The summed E-state index contributed by atoms with van der Waals surface area (Å²) in [6, 6.07) is 12.9. The number of benzene rings is 2. The van der Waals surface area contributed by atoms with Crippen molar-refractivity contribution < 1.29 is 9.21 Å². The zero-order chi connectivity index (χ0) is 15.7. The number of hydrogen-bond acceptors (Lipinski definition) is 3. The third-order valence-corrected chi connectivity index (χ3v) is 3.63. The summed E-state index contributed by atoms with van der Waals surface area (Å²) in [6.07, 6.45) is 0. The van der Waals surface area contributed by atoms with Crippen molar-refractivity contribution in [1.29, 1.82) is 0 Å². The summed E-state index contributed by atoms with van der Waals surface area (Å²) in [4.78, 5) is 23.7. The molecule has 3 rings (SSSR count). The van der Waals surface area contributed by atoms with Gasteiger partial charge < -0.3 is 9.73 Å². The molecule has 112 valence electrons. The quantitative estimate of drug-likeness (QED) is 0.807. The summed E-state index contributed by atoms with van der Waals surface area (Å²) in [5, 5.41) is 2.87. The molecule has 0 fully saturated rings. The van der Waals surface area contributed by atoms with E-state index < -0.39 is 5.76 Å². The first-order valence-corrected chi connectivity index (χ1v) is 6.98. The summed E-state index contributed by atoms with van der Waals surface area (Å²) < 4.78 is 6.43. The van der Waals surface area contributed by atoms with E-state index in [0.29, 0.717) is 23.2 Å². The fourth-order valence-corrected chi connectivity index (χ4v) is 2.26. The number of carbonyl (C=O) groups is 1. The zero-order valence-corrected chi connectivity index (χ0v) is 12.4. The van der Waals surface area contributed by atoms with E-state index in [1.54, 1.807) is 25.2 Å². The van der Waals surface area contributed by atoms with Crippen molar-refractivity contribution in [2.45, 2.75) is 13.5 Å². The van der Waals surface area contributed by atoms with Crippen molar-refractivity contribution in [2.24, 2.45) is 7.05 Å². The SMILES string of the molecule is Cc1ccc(CNC(=O)c2ccc3oc(=O)n(C)c3c2)cc1. The molecule has 0 aliphatic carbocycles. The molecule has 0 unspecified atom stereocenters. The van der Waals surface area contributed by atoms with Crippen LogP contribution in [-0.2, 0) is 13.6 Å². The summed E-state index contributed by atoms with van der Waals surface area (Å²) in [7, 11) is 1.61. The average molecular weight is 296 g/mol. The number of rotatable bonds is 3. The van der Waals surface area contributed by atoms with Gasteiger partial charge in [0.05, 0.1) is 5.52 Å². The van der Waals surface area contributed by atoms with Gasteiger partial charge in [-0.25, -0.2) is 4.79 Å². The lowest BCUT2D eigenvalue weighted by molar-refractivity contribution is 0.0951. The maximum Gasteiger partial charge on any atom is 0.419 e. The molecule has 3 aromatic rings. The third kappa shape index (κ3) is 2.65. The molecule has 0 radical (unpaired) electrons. The molecular weight excluding hydrogens is 280 g/mol. The fraction of sp³-hybridized carbons (Fsp3) is 0.176. The van der Waals surface area contributed by atoms with Crippen LogP contribution in [-0.4, -0.2) is 10.5 Å². The van der Waals surface area contributed by atoms with Crippen molar-refractivity contribution in [2.75, 3.05) is 0 Å². The van der Waals surface area contributed by atoms with Gasteiger partial charge in [0.1, 0.15) is 0 Å². The predicted octanol–water partition coefficient (Wildman–Crippen LogP) is 2.37. The number of hydrogen-bond donors (Lipinski definition) is 1. The minimum atomic E-state index is -0.438. The van der Waals surface area contributed by atoms with Crippen molar-refractivity contribution >= 4 is 17.0 Å². The molecule has 0 saturated carbocycles. The Morgan fingerprint density at radius 2 is 1.91 bits per heavy atom. The Bertz CT molecular complexity index is 888. The highest BCUT2D eigenvalue weighted by Crippen LogP contribution is 2.14. The smallest absolute Gasteiger partial charge is 0.408 e. The van der Waals surface area contributed by atoms with E-state index in [1.807, 2.05) is 31.2 Å². The van der Waals surface area contributed by atoms with E-state index in [-0.39, 0.29) is 5.91 Å². The topological polar surface area (TPSA) is 64.2 Å². The average Bonchev–Trinajstić information content (AvgIpc) is 2.81. The second kappa shape index (κ2) is 5.52. The highest BCUT2D eigenvalue weighted by Gasteiger charge is 2.10. The van der Waals surface area contributed by atoms with Crippen LogP contribution in [0.15, 0.2) is 51.7 Å². The van der Waals surface area contributed by atoms with Crippen LogP contribution >= 0.6 is 0 Å². The lowest BCUT2D eigenvalue weighted by Gasteiger charge is -2.06. The Morgan fingerprint density at radius 3 is 2.64 bits per heavy atom. The minimum Gasteiger partial charge on any atom is -0.408 e. The van der Waals surface area contributed by atoms with Crippen LogP contribution in [0.3, 0.4) is 0 Å². The maximum atomic E-state index is 12.2. The van der Waals surface area contributed by atoms with Gasteiger partial charge in [-0.1, -0.05) is 29.8 Å². The molecule has 0 atom stereocenters. The number of aryl methyl sites for hydroxylation is 2. The molecule has 1 amide bonds. The van der Waals surface area contributed by atoms with Gasteiger partial charge in [0.15, 0.2) is 5.58 Å². The van der Waals surface area contributed by atoms with Crippen LogP contribution in [0.4, 0.5) is 0 Å². The molecule has 0 spiro atoms. The molecule has 2 aromatic carbocycles. The Morgan fingerprint density at radius 1 is 1.18 bits per heavy atom. The molecule has 0 saturated heterocycles. The lowest BCUT2D eigenvalue weighted by Crippen LogP contribution is -2.22. The van der Waals surface area contributed by atoms with Crippen molar-refractivity contribution in [3.05, 3.63) is 69.7 Å². The Hall–Kier alpha value is -2.82. The van der Waals surface area contributed by atoms with E-state index in [1.165, 1.54) is 10.1 Å². The first-order valence-electron chi connectivity index (χ1n) is 6.98. The summed E-state index contributed by atoms with van der Waals surface area (Å²) in [6.45, 7) is 2.48. The molecule has 5 nitrogen and oxygen atoms in total. The Balaban J connectivity index is 1.78. The standard InChI is InChI=1S/C17H16N2O3/c1-11-3-5-12(6-4-11)10-18-16(20)13-7-8-15-14(9-13)19(2)17(21)22-15/h3-9H,10H2,1-2H3,(H,18,20). The number of carbonyl (C=O) groups excluding carboxylic acids is 1. The van der Waals surface area contributed by atoms with Crippen LogP contribution in [0.2, 0.25) is 0 Å². The molecule has 0 bridgehead atoms. The highest BCUT2D eigenvalue weighted by molar-refractivity contribution is 5.97. The number of nitrogens with one attached hydrogen (secondary N) is 1. The number of aromatic nitrogens is 1. The predicted molar refractivity (Wildman–Crippen MR) is 83.8 cm³/mol. The molecule has 1 N–H and O–H groups in total. The molecule has 0 aliphatic rings. The fourth-order valence-electron chi connectivity index (χ4n) is 2.26. The van der Waals surface area contributed by atoms with Crippen molar-refractivity contribution in [3.63, 3.8) is 0 Å². The van der Waals surface area contributed by atoms with Gasteiger partial charge in [0, 0.05) is 19.2 Å². The first kappa shape index (κ1) is 14.1. The largest absolute Gasteiger partial charge is 0.419 e. The highest BCUT2D eigenvalue weighted by atomic mass is 16.4. The van der Waals surface area contributed by atoms with Crippen LogP contribution in [0.1, 0.15) is 21.5 Å². The second-order valence-electron chi connectivity index (χ2n) is 5.28. The summed E-state index contributed by atoms with van der Waals surface area (Å²) in [5.74, 6) is -0.622. The van der Waals surface area contributed by atoms with Crippen LogP contribution in [0.5, 0.6) is 0 Å². The zero-order valence-electron chi connectivity index (χ0n) is 12.4. The monoisotopic (exact) mass is 296 g/mol. The molecule has 1 heterocycles. The number of fused-ring (bicyclic) bond motifs is 1. The van der Waals surface area contributed by atoms with Gasteiger partial charge in [0.2, 0.25) is 0 Å². The van der Waals surface area contributed by atoms with Gasteiger partial charge in [-0.05, 0) is 30.7 Å². The summed E-state index contributed by atoms with van der Waals surface area (Å²) >= 11 is 0. The normalized spacial score (nSPS) is 10.8. The number of amides is 1.